The number of rotatable bonds is 6. The summed E-state index contributed by atoms with van der Waals surface area (Å²) in [4.78, 5) is 21.7. The average molecular weight is 282 g/mol. The molecule has 20 heavy (non-hydrogen) atoms. The molecule has 0 aromatic heterocycles. The fourth-order valence-corrected chi connectivity index (χ4v) is 2.38. The molecule has 6 heteroatoms. The topological polar surface area (TPSA) is 98.7 Å². The SMILES string of the molecule is C/C=C\[C@@H]1C[C@H](C(=O)O)N[C@@H]1CC/C(O)=C/NC(C)=O. The molecule has 0 bridgehead atoms. The third kappa shape index (κ3) is 5.05. The Kier molecular flexibility index (Phi) is 6.24. The summed E-state index contributed by atoms with van der Waals surface area (Å²) in [5, 5.41) is 24.2. The monoisotopic (exact) mass is 282 g/mol. The number of carbonyl (C=O) groups excluding carboxylic acids is 1. The number of carbonyl (C=O) groups is 2. The largest absolute Gasteiger partial charge is 0.511 e. The second kappa shape index (κ2) is 7.69. The molecule has 4 N–H and O–H groups in total. The lowest BCUT2D eigenvalue weighted by Gasteiger charge is -2.16. The number of aliphatic hydroxyl groups is 1. The Morgan fingerprint density at radius 3 is 2.65 bits per heavy atom. The molecule has 1 fully saturated rings. The highest BCUT2D eigenvalue weighted by Crippen LogP contribution is 2.26. The van der Waals surface area contributed by atoms with E-state index in [-0.39, 0.29) is 23.6 Å². The van der Waals surface area contributed by atoms with Crippen LogP contribution < -0.4 is 10.6 Å². The normalized spacial score (nSPS) is 26.9. The fraction of sp³-hybridized carbons (Fsp3) is 0.571. The maximum Gasteiger partial charge on any atom is 0.320 e. The molecule has 0 spiro atoms. The molecule has 0 aromatic rings. The van der Waals surface area contributed by atoms with Crippen molar-refractivity contribution in [1.82, 2.24) is 10.6 Å². The van der Waals surface area contributed by atoms with Crippen molar-refractivity contribution >= 4 is 11.9 Å². The quantitative estimate of drug-likeness (QED) is 0.435. The minimum Gasteiger partial charge on any atom is -0.511 e. The maximum atomic E-state index is 11.0. The first-order valence-corrected chi connectivity index (χ1v) is 6.70. The van der Waals surface area contributed by atoms with Crippen LogP contribution in [0.1, 0.15) is 33.1 Å². The first-order valence-electron chi connectivity index (χ1n) is 6.70. The molecule has 1 saturated heterocycles. The van der Waals surface area contributed by atoms with Crippen LogP contribution in [0.2, 0.25) is 0 Å². The molecule has 6 nitrogen and oxygen atoms in total. The number of nitrogens with one attached hydrogen (secondary N) is 2. The predicted molar refractivity (Wildman–Crippen MR) is 75.0 cm³/mol. The number of allylic oxidation sites excluding steroid dienone is 2. The van der Waals surface area contributed by atoms with E-state index in [2.05, 4.69) is 10.6 Å². The Labute approximate surface area is 118 Å². The molecular weight excluding hydrogens is 260 g/mol. The molecule has 1 heterocycles. The molecular formula is C14H22N2O4. The van der Waals surface area contributed by atoms with Crippen LogP contribution in [0.25, 0.3) is 0 Å². The van der Waals surface area contributed by atoms with Crippen molar-refractivity contribution in [2.45, 2.75) is 45.2 Å². The van der Waals surface area contributed by atoms with Gasteiger partial charge in [-0.2, -0.15) is 0 Å². The zero-order chi connectivity index (χ0) is 15.1. The molecule has 1 amide bonds. The molecule has 0 saturated carbocycles. The van der Waals surface area contributed by atoms with E-state index in [4.69, 9.17) is 5.11 Å². The first-order chi connectivity index (χ1) is 9.43. The van der Waals surface area contributed by atoms with Crippen LogP contribution in [0.5, 0.6) is 0 Å². The molecule has 0 unspecified atom stereocenters. The van der Waals surface area contributed by atoms with Gasteiger partial charge in [-0.25, -0.2) is 0 Å². The summed E-state index contributed by atoms with van der Waals surface area (Å²) in [6, 6.07) is -0.525. The van der Waals surface area contributed by atoms with Crippen LogP contribution in [-0.4, -0.2) is 34.2 Å². The molecule has 1 aliphatic rings. The van der Waals surface area contributed by atoms with Crippen molar-refractivity contribution in [3.8, 4) is 0 Å². The number of hydrogen-bond donors (Lipinski definition) is 4. The first kappa shape index (κ1) is 16.2. The zero-order valence-corrected chi connectivity index (χ0v) is 11.8. The van der Waals surface area contributed by atoms with Crippen LogP contribution in [0, 0.1) is 5.92 Å². The van der Waals surface area contributed by atoms with E-state index in [9.17, 15) is 14.7 Å². The smallest absolute Gasteiger partial charge is 0.320 e. The van der Waals surface area contributed by atoms with Gasteiger partial charge in [0.25, 0.3) is 0 Å². The molecule has 112 valence electrons. The summed E-state index contributed by atoms with van der Waals surface area (Å²) < 4.78 is 0. The number of aliphatic carboxylic acids is 1. The molecule has 1 rings (SSSR count). The summed E-state index contributed by atoms with van der Waals surface area (Å²) >= 11 is 0. The standard InChI is InChI=1S/C14H22N2O4/c1-3-4-10-7-13(14(19)20)16-12(10)6-5-11(18)8-15-9(2)17/h3-4,8,10,12-13,16,18H,5-7H2,1-2H3,(H,15,17)(H,19,20)/b4-3-,11-8-/t10-,12-,13-/m1/s1. The minimum absolute atomic E-state index is 0.0141. The van der Waals surface area contributed by atoms with Crippen molar-refractivity contribution < 1.29 is 19.8 Å². The van der Waals surface area contributed by atoms with Crippen molar-refractivity contribution in [2.24, 2.45) is 5.92 Å². The average Bonchev–Trinajstić information content (AvgIpc) is 2.78. The van der Waals surface area contributed by atoms with Gasteiger partial charge in [0.15, 0.2) is 0 Å². The molecule has 0 radical (unpaired) electrons. The Bertz CT molecular complexity index is 417. The van der Waals surface area contributed by atoms with Gasteiger partial charge < -0.3 is 20.8 Å². The second-order valence-corrected chi connectivity index (χ2v) is 4.96. The van der Waals surface area contributed by atoms with E-state index in [0.29, 0.717) is 19.3 Å². The zero-order valence-electron chi connectivity index (χ0n) is 11.8. The highest BCUT2D eigenvalue weighted by Gasteiger charge is 2.35. The minimum atomic E-state index is -0.847. The van der Waals surface area contributed by atoms with Crippen molar-refractivity contribution in [1.29, 1.82) is 0 Å². The van der Waals surface area contributed by atoms with Gasteiger partial charge in [-0.1, -0.05) is 12.2 Å². The van der Waals surface area contributed by atoms with Crippen molar-refractivity contribution in [3.05, 3.63) is 24.1 Å². The van der Waals surface area contributed by atoms with Crippen molar-refractivity contribution in [2.75, 3.05) is 0 Å². The molecule has 1 aliphatic heterocycles. The van der Waals surface area contributed by atoms with Gasteiger partial charge in [0.05, 0.1) is 0 Å². The Morgan fingerprint density at radius 1 is 1.40 bits per heavy atom. The summed E-state index contributed by atoms with van der Waals surface area (Å²) in [6.07, 6.45) is 6.74. The number of carboxylic acid groups (broad SMARTS) is 1. The highest BCUT2D eigenvalue weighted by molar-refractivity contribution is 5.74. The fourth-order valence-electron chi connectivity index (χ4n) is 2.38. The van der Waals surface area contributed by atoms with Crippen LogP contribution in [-0.2, 0) is 9.59 Å². The predicted octanol–water partition coefficient (Wildman–Crippen LogP) is 1.31. The van der Waals surface area contributed by atoms with E-state index in [1.54, 1.807) is 0 Å². The number of hydrogen-bond acceptors (Lipinski definition) is 4. The molecule has 3 atom stereocenters. The Morgan fingerprint density at radius 2 is 2.10 bits per heavy atom. The van der Waals surface area contributed by atoms with Crippen LogP contribution >= 0.6 is 0 Å². The van der Waals surface area contributed by atoms with Crippen molar-refractivity contribution in [3.63, 3.8) is 0 Å². The molecule has 0 aromatic carbocycles. The van der Waals surface area contributed by atoms with E-state index < -0.39 is 12.0 Å². The lowest BCUT2D eigenvalue weighted by atomic mass is 9.95. The van der Waals surface area contributed by atoms with E-state index in [1.807, 2.05) is 19.1 Å². The van der Waals surface area contributed by atoms with Gasteiger partial charge in [-0.3, -0.25) is 9.59 Å². The van der Waals surface area contributed by atoms with Gasteiger partial charge in [0, 0.05) is 25.6 Å². The lowest BCUT2D eigenvalue weighted by Crippen LogP contribution is -2.36. The third-order valence-electron chi connectivity index (χ3n) is 3.33. The van der Waals surface area contributed by atoms with Gasteiger partial charge in [-0.05, 0) is 25.7 Å². The van der Waals surface area contributed by atoms with Gasteiger partial charge in [0.2, 0.25) is 5.91 Å². The van der Waals surface area contributed by atoms with E-state index >= 15 is 0 Å². The van der Waals surface area contributed by atoms with Gasteiger partial charge in [-0.15, -0.1) is 0 Å². The summed E-state index contributed by atoms with van der Waals surface area (Å²) in [7, 11) is 0. The highest BCUT2D eigenvalue weighted by atomic mass is 16.4. The van der Waals surface area contributed by atoms with Crippen LogP contribution in [0.4, 0.5) is 0 Å². The number of aliphatic hydroxyl groups excluding tert-OH is 1. The Hall–Kier alpha value is -1.82. The van der Waals surface area contributed by atoms with Gasteiger partial charge >= 0.3 is 5.97 Å². The number of carboxylic acids is 1. The maximum absolute atomic E-state index is 11.0. The van der Waals surface area contributed by atoms with Gasteiger partial charge in [0.1, 0.15) is 11.8 Å². The van der Waals surface area contributed by atoms with Crippen LogP contribution in [0.3, 0.4) is 0 Å². The summed E-state index contributed by atoms with van der Waals surface area (Å²) in [5.41, 5.74) is 0. The summed E-state index contributed by atoms with van der Waals surface area (Å²) in [5.74, 6) is -0.858. The third-order valence-corrected chi connectivity index (χ3v) is 3.33. The van der Waals surface area contributed by atoms with E-state index in [0.717, 1.165) is 0 Å². The van der Waals surface area contributed by atoms with E-state index in [1.165, 1.54) is 13.1 Å². The Balaban J connectivity index is 2.54. The number of amides is 1. The second-order valence-electron chi connectivity index (χ2n) is 4.96. The summed E-state index contributed by atoms with van der Waals surface area (Å²) in [6.45, 7) is 3.27. The van der Waals surface area contributed by atoms with Crippen LogP contribution in [0.15, 0.2) is 24.1 Å². The lowest BCUT2D eigenvalue weighted by molar-refractivity contribution is -0.139. The molecule has 0 aliphatic carbocycles.